The standard InChI is InChI=1S/C16H23FN2O5S/c1-18(11-16(20)21)12-4-3-8-19(9-7-12)25(22,23)13-5-6-15(24-2)14(17)10-13/h5-6,10,12H,3-4,7-9,11H2,1-2H3,(H,20,21). The van der Waals surface area contributed by atoms with Gasteiger partial charge in [0.1, 0.15) is 0 Å². The van der Waals surface area contributed by atoms with E-state index >= 15 is 0 Å². The SMILES string of the molecule is COc1ccc(S(=O)(=O)N2CCCC(N(C)CC(=O)O)CC2)cc1F. The molecule has 9 heteroatoms. The Bertz CT molecular complexity index is 725. The first-order chi connectivity index (χ1) is 11.8. The van der Waals surface area contributed by atoms with Crippen molar-refractivity contribution in [2.75, 3.05) is 33.8 Å². The summed E-state index contributed by atoms with van der Waals surface area (Å²) in [7, 11) is -0.763. The number of rotatable bonds is 6. The number of carboxylic acids is 1. The summed E-state index contributed by atoms with van der Waals surface area (Å²) < 4.78 is 45.5. The first-order valence-electron chi connectivity index (χ1n) is 8.01. The molecule has 1 saturated heterocycles. The minimum absolute atomic E-state index is 0.00361. The fourth-order valence-electron chi connectivity index (χ4n) is 3.03. The van der Waals surface area contributed by atoms with Gasteiger partial charge in [-0.05, 0) is 44.5 Å². The van der Waals surface area contributed by atoms with Gasteiger partial charge in [-0.15, -0.1) is 0 Å². The molecule has 0 saturated carbocycles. The lowest BCUT2D eigenvalue weighted by Gasteiger charge is -2.25. The van der Waals surface area contributed by atoms with Crippen molar-refractivity contribution in [2.24, 2.45) is 0 Å². The topological polar surface area (TPSA) is 87.2 Å². The maximum atomic E-state index is 13.8. The zero-order valence-electron chi connectivity index (χ0n) is 14.3. The number of benzene rings is 1. The molecule has 7 nitrogen and oxygen atoms in total. The van der Waals surface area contributed by atoms with Gasteiger partial charge in [-0.25, -0.2) is 12.8 Å². The molecule has 0 aliphatic carbocycles. The second-order valence-electron chi connectivity index (χ2n) is 6.09. The maximum absolute atomic E-state index is 13.8. The van der Waals surface area contributed by atoms with Crippen molar-refractivity contribution in [3.05, 3.63) is 24.0 Å². The van der Waals surface area contributed by atoms with Gasteiger partial charge in [0.15, 0.2) is 11.6 Å². The molecule has 1 N–H and O–H groups in total. The lowest BCUT2D eigenvalue weighted by atomic mass is 10.1. The predicted octanol–water partition coefficient (Wildman–Crippen LogP) is 1.39. The van der Waals surface area contributed by atoms with Gasteiger partial charge in [0.05, 0.1) is 18.6 Å². The van der Waals surface area contributed by atoms with Crippen LogP contribution in [-0.2, 0) is 14.8 Å². The number of methoxy groups -OCH3 is 1. The van der Waals surface area contributed by atoms with E-state index in [4.69, 9.17) is 9.84 Å². The van der Waals surface area contributed by atoms with Crippen LogP contribution in [0, 0.1) is 5.82 Å². The monoisotopic (exact) mass is 374 g/mol. The highest BCUT2D eigenvalue weighted by atomic mass is 32.2. The maximum Gasteiger partial charge on any atom is 0.317 e. The average molecular weight is 374 g/mol. The van der Waals surface area contributed by atoms with E-state index in [1.54, 1.807) is 11.9 Å². The third-order valence-corrected chi connectivity index (χ3v) is 6.32. The van der Waals surface area contributed by atoms with Gasteiger partial charge in [-0.2, -0.15) is 4.31 Å². The van der Waals surface area contributed by atoms with Gasteiger partial charge in [-0.1, -0.05) is 0 Å². The van der Waals surface area contributed by atoms with Crippen molar-refractivity contribution >= 4 is 16.0 Å². The number of ether oxygens (including phenoxy) is 1. The van der Waals surface area contributed by atoms with Crippen molar-refractivity contribution in [2.45, 2.75) is 30.2 Å². The second-order valence-corrected chi connectivity index (χ2v) is 8.03. The Hall–Kier alpha value is -1.71. The molecule has 1 unspecified atom stereocenters. The fraction of sp³-hybridized carbons (Fsp3) is 0.562. The van der Waals surface area contributed by atoms with E-state index in [0.717, 1.165) is 6.07 Å². The molecule has 140 valence electrons. The van der Waals surface area contributed by atoms with Gasteiger partial charge < -0.3 is 9.84 Å². The smallest absolute Gasteiger partial charge is 0.317 e. The molecule has 0 aromatic heterocycles. The van der Waals surface area contributed by atoms with Crippen LogP contribution >= 0.6 is 0 Å². The summed E-state index contributed by atoms with van der Waals surface area (Å²) in [6, 6.07) is 3.59. The molecule has 0 radical (unpaired) electrons. The Balaban J connectivity index is 2.13. The normalized spacial score (nSPS) is 19.6. The Kier molecular flexibility index (Phi) is 6.36. The van der Waals surface area contributed by atoms with Crippen molar-refractivity contribution < 1.29 is 27.4 Å². The Morgan fingerprint density at radius 2 is 2.12 bits per heavy atom. The summed E-state index contributed by atoms with van der Waals surface area (Å²) in [4.78, 5) is 12.5. The average Bonchev–Trinajstić information content (AvgIpc) is 2.80. The van der Waals surface area contributed by atoms with E-state index < -0.39 is 21.8 Å². The molecule has 0 amide bonds. The number of hydrogen-bond acceptors (Lipinski definition) is 5. The number of likely N-dealkylation sites (N-methyl/N-ethyl adjacent to an activating group) is 1. The quantitative estimate of drug-likeness (QED) is 0.810. The highest BCUT2D eigenvalue weighted by Crippen LogP contribution is 2.25. The highest BCUT2D eigenvalue weighted by molar-refractivity contribution is 7.89. The largest absolute Gasteiger partial charge is 0.494 e. The number of aliphatic carboxylic acids is 1. The first-order valence-corrected chi connectivity index (χ1v) is 9.45. The van der Waals surface area contributed by atoms with Gasteiger partial charge in [0.2, 0.25) is 10.0 Å². The van der Waals surface area contributed by atoms with E-state index in [9.17, 15) is 17.6 Å². The second kappa shape index (κ2) is 8.11. The van der Waals surface area contributed by atoms with Crippen molar-refractivity contribution in [3.63, 3.8) is 0 Å². The van der Waals surface area contributed by atoms with Crippen LogP contribution in [0.5, 0.6) is 5.75 Å². The van der Waals surface area contributed by atoms with E-state index in [0.29, 0.717) is 25.8 Å². The van der Waals surface area contributed by atoms with E-state index in [1.165, 1.54) is 23.5 Å². The van der Waals surface area contributed by atoms with E-state index in [1.807, 2.05) is 0 Å². The van der Waals surface area contributed by atoms with E-state index in [-0.39, 0.29) is 29.8 Å². The Morgan fingerprint density at radius 1 is 1.40 bits per heavy atom. The fourth-order valence-corrected chi connectivity index (χ4v) is 4.54. The van der Waals surface area contributed by atoms with Crippen LogP contribution in [0.1, 0.15) is 19.3 Å². The molecule has 1 aliphatic rings. The van der Waals surface area contributed by atoms with Crippen molar-refractivity contribution in [1.29, 1.82) is 0 Å². The summed E-state index contributed by atoms with van der Waals surface area (Å²) in [5.74, 6) is -1.65. The molecule has 1 aliphatic heterocycles. The summed E-state index contributed by atoms with van der Waals surface area (Å²) in [5.41, 5.74) is 0. The van der Waals surface area contributed by atoms with Crippen LogP contribution in [-0.4, -0.2) is 68.5 Å². The molecular formula is C16H23FN2O5S. The number of nitrogens with zero attached hydrogens (tertiary/aromatic N) is 2. The van der Waals surface area contributed by atoms with Crippen molar-refractivity contribution in [3.8, 4) is 5.75 Å². The van der Waals surface area contributed by atoms with Crippen LogP contribution in [0.25, 0.3) is 0 Å². The Morgan fingerprint density at radius 3 is 2.72 bits per heavy atom. The lowest BCUT2D eigenvalue weighted by molar-refractivity contribution is -0.138. The number of hydrogen-bond donors (Lipinski definition) is 1. The van der Waals surface area contributed by atoms with Crippen LogP contribution in [0.3, 0.4) is 0 Å². The van der Waals surface area contributed by atoms with Gasteiger partial charge in [0, 0.05) is 19.1 Å². The van der Waals surface area contributed by atoms with Gasteiger partial charge in [0.25, 0.3) is 0 Å². The number of carboxylic acid groups (broad SMARTS) is 1. The molecule has 2 rings (SSSR count). The third-order valence-electron chi connectivity index (χ3n) is 4.43. The van der Waals surface area contributed by atoms with Crippen LogP contribution in [0.2, 0.25) is 0 Å². The summed E-state index contributed by atoms with van der Waals surface area (Å²) in [5, 5.41) is 8.89. The van der Waals surface area contributed by atoms with Gasteiger partial charge >= 0.3 is 5.97 Å². The molecule has 1 aromatic carbocycles. The summed E-state index contributed by atoms with van der Waals surface area (Å²) in [6.45, 7) is 0.513. The molecule has 1 heterocycles. The minimum atomic E-state index is -3.80. The molecule has 1 fully saturated rings. The van der Waals surface area contributed by atoms with Gasteiger partial charge in [-0.3, -0.25) is 9.69 Å². The minimum Gasteiger partial charge on any atom is -0.494 e. The van der Waals surface area contributed by atoms with Crippen molar-refractivity contribution in [1.82, 2.24) is 9.21 Å². The summed E-state index contributed by atoms with van der Waals surface area (Å²) in [6.07, 6.45) is 1.86. The number of carbonyl (C=O) groups is 1. The summed E-state index contributed by atoms with van der Waals surface area (Å²) >= 11 is 0. The number of sulfonamides is 1. The highest BCUT2D eigenvalue weighted by Gasteiger charge is 2.29. The molecule has 0 bridgehead atoms. The molecular weight excluding hydrogens is 351 g/mol. The number of halogens is 1. The van der Waals surface area contributed by atoms with Crippen LogP contribution in [0.15, 0.2) is 23.1 Å². The zero-order valence-corrected chi connectivity index (χ0v) is 15.1. The molecule has 1 atom stereocenters. The zero-order chi connectivity index (χ0) is 18.6. The third kappa shape index (κ3) is 4.68. The van der Waals surface area contributed by atoms with E-state index in [2.05, 4.69) is 0 Å². The molecule has 1 aromatic rings. The van der Waals surface area contributed by atoms with Crippen LogP contribution in [0.4, 0.5) is 4.39 Å². The Labute approximate surface area is 147 Å². The van der Waals surface area contributed by atoms with Crippen LogP contribution < -0.4 is 4.74 Å². The molecule has 25 heavy (non-hydrogen) atoms. The lowest BCUT2D eigenvalue weighted by Crippen LogP contribution is -2.37. The first kappa shape index (κ1) is 19.6. The molecule has 0 spiro atoms. The predicted molar refractivity (Wildman–Crippen MR) is 89.6 cm³/mol.